The van der Waals surface area contributed by atoms with E-state index in [1.807, 2.05) is 59.5 Å². The van der Waals surface area contributed by atoms with Gasteiger partial charge in [-0.25, -0.2) is 0 Å². The molecule has 2 heterocycles. The van der Waals surface area contributed by atoms with E-state index in [-0.39, 0.29) is 11.8 Å². The number of amides is 2. The van der Waals surface area contributed by atoms with Crippen molar-refractivity contribution in [2.45, 2.75) is 19.9 Å². The molecule has 4 rings (SSSR count). The molecule has 0 saturated heterocycles. The van der Waals surface area contributed by atoms with Gasteiger partial charge in [-0.2, -0.15) is 0 Å². The molecule has 0 saturated carbocycles. The van der Waals surface area contributed by atoms with Crippen molar-refractivity contribution in [2.75, 3.05) is 11.4 Å². The van der Waals surface area contributed by atoms with Crippen LogP contribution in [0.1, 0.15) is 28.5 Å². The normalized spacial score (nSPS) is 12.5. The zero-order chi connectivity index (χ0) is 19.5. The molecule has 0 atom stereocenters. The van der Waals surface area contributed by atoms with Gasteiger partial charge in [0.2, 0.25) is 5.91 Å². The van der Waals surface area contributed by atoms with Crippen LogP contribution >= 0.6 is 0 Å². The molecule has 5 heteroatoms. The average Bonchev–Trinajstić information content (AvgIpc) is 3.16. The van der Waals surface area contributed by atoms with E-state index in [0.717, 1.165) is 35.5 Å². The molecule has 0 unspecified atom stereocenters. The van der Waals surface area contributed by atoms with Crippen LogP contribution in [-0.2, 0) is 17.8 Å². The number of pyridine rings is 1. The third-order valence-electron chi connectivity index (χ3n) is 4.99. The van der Waals surface area contributed by atoms with Gasteiger partial charge in [-0.05, 0) is 59.5 Å². The molecular weight excluding hydrogens is 350 g/mol. The fourth-order valence-corrected chi connectivity index (χ4v) is 3.50. The summed E-state index contributed by atoms with van der Waals surface area (Å²) in [5.74, 6) is -0.0455. The van der Waals surface area contributed by atoms with Crippen molar-refractivity contribution in [3.63, 3.8) is 0 Å². The summed E-state index contributed by atoms with van der Waals surface area (Å²) in [6.07, 6.45) is 2.58. The number of aromatic nitrogens is 1. The smallest absolute Gasteiger partial charge is 0.251 e. The number of hydrogen-bond acceptors (Lipinski definition) is 3. The maximum atomic E-state index is 12.3. The SMILES string of the molecule is CC(=O)N1CCc2cc(-c3ccc(C(=O)NCc4ccccn4)cc3)ccc21. The highest BCUT2D eigenvalue weighted by atomic mass is 16.2. The summed E-state index contributed by atoms with van der Waals surface area (Å²) in [6, 6.07) is 19.4. The van der Waals surface area contributed by atoms with E-state index in [0.29, 0.717) is 12.1 Å². The number of nitrogens with zero attached hydrogens (tertiary/aromatic N) is 2. The number of nitrogens with one attached hydrogen (secondary N) is 1. The maximum Gasteiger partial charge on any atom is 0.251 e. The Labute approximate surface area is 164 Å². The molecule has 5 nitrogen and oxygen atoms in total. The third-order valence-corrected chi connectivity index (χ3v) is 4.99. The Morgan fingerprint density at radius 2 is 1.82 bits per heavy atom. The molecule has 3 aromatic rings. The highest BCUT2D eigenvalue weighted by Crippen LogP contribution is 2.32. The van der Waals surface area contributed by atoms with E-state index in [1.165, 1.54) is 5.56 Å². The summed E-state index contributed by atoms with van der Waals surface area (Å²) in [5, 5.41) is 2.88. The Morgan fingerprint density at radius 3 is 2.54 bits per heavy atom. The molecule has 0 spiro atoms. The standard InChI is InChI=1S/C23H21N3O2/c1-16(27)26-13-11-20-14-19(9-10-22(20)26)17-5-7-18(8-6-17)23(28)25-15-21-4-2-3-12-24-21/h2-10,12,14H,11,13,15H2,1H3,(H,25,28). The first-order chi connectivity index (χ1) is 13.6. The minimum absolute atomic E-state index is 0.0765. The number of fused-ring (bicyclic) bond motifs is 1. The summed E-state index contributed by atoms with van der Waals surface area (Å²) < 4.78 is 0. The molecule has 1 N–H and O–H groups in total. The number of carbonyl (C=O) groups is 2. The van der Waals surface area contributed by atoms with Crippen LogP contribution in [0.3, 0.4) is 0 Å². The lowest BCUT2D eigenvalue weighted by molar-refractivity contribution is -0.116. The van der Waals surface area contributed by atoms with Gasteiger partial charge in [-0.1, -0.05) is 24.3 Å². The fraction of sp³-hybridized carbons (Fsp3) is 0.174. The van der Waals surface area contributed by atoms with Gasteiger partial charge in [0, 0.05) is 30.9 Å². The molecule has 0 bridgehead atoms. The van der Waals surface area contributed by atoms with Crippen LogP contribution in [-0.4, -0.2) is 23.3 Å². The molecule has 140 valence electrons. The second-order valence-electron chi connectivity index (χ2n) is 6.85. The van der Waals surface area contributed by atoms with Gasteiger partial charge >= 0.3 is 0 Å². The van der Waals surface area contributed by atoms with Gasteiger partial charge in [-0.3, -0.25) is 14.6 Å². The van der Waals surface area contributed by atoms with Gasteiger partial charge in [0.1, 0.15) is 0 Å². The van der Waals surface area contributed by atoms with Crippen molar-refractivity contribution in [3.05, 3.63) is 83.7 Å². The predicted molar refractivity (Wildman–Crippen MR) is 109 cm³/mol. The predicted octanol–water partition coefficient (Wildman–Crippen LogP) is 3.59. The Hall–Kier alpha value is -3.47. The van der Waals surface area contributed by atoms with Crippen molar-refractivity contribution in [1.82, 2.24) is 10.3 Å². The van der Waals surface area contributed by atoms with Crippen LogP contribution in [0.25, 0.3) is 11.1 Å². The molecule has 2 aromatic carbocycles. The molecule has 1 aliphatic rings. The van der Waals surface area contributed by atoms with Crippen LogP contribution in [0.5, 0.6) is 0 Å². The van der Waals surface area contributed by atoms with Gasteiger partial charge in [-0.15, -0.1) is 0 Å². The summed E-state index contributed by atoms with van der Waals surface area (Å²) in [7, 11) is 0. The van der Waals surface area contributed by atoms with Crippen molar-refractivity contribution < 1.29 is 9.59 Å². The van der Waals surface area contributed by atoms with Crippen LogP contribution in [0.2, 0.25) is 0 Å². The second-order valence-corrected chi connectivity index (χ2v) is 6.85. The molecular formula is C23H21N3O2. The van der Waals surface area contributed by atoms with E-state index in [1.54, 1.807) is 13.1 Å². The summed E-state index contributed by atoms with van der Waals surface area (Å²) in [6.45, 7) is 2.74. The molecule has 0 aliphatic carbocycles. The quantitative estimate of drug-likeness (QED) is 0.762. The molecule has 2 amide bonds. The highest BCUT2D eigenvalue weighted by Gasteiger charge is 2.22. The summed E-state index contributed by atoms with van der Waals surface area (Å²) >= 11 is 0. The van der Waals surface area contributed by atoms with E-state index < -0.39 is 0 Å². The Balaban J connectivity index is 1.46. The van der Waals surface area contributed by atoms with Crippen LogP contribution in [0, 0.1) is 0 Å². The molecule has 1 aromatic heterocycles. The van der Waals surface area contributed by atoms with E-state index in [9.17, 15) is 9.59 Å². The van der Waals surface area contributed by atoms with Gasteiger partial charge in [0.15, 0.2) is 0 Å². The summed E-state index contributed by atoms with van der Waals surface area (Å²) in [4.78, 5) is 30.1. The van der Waals surface area contributed by atoms with E-state index in [2.05, 4.69) is 16.4 Å². The lowest BCUT2D eigenvalue weighted by Crippen LogP contribution is -2.25. The number of rotatable bonds is 4. The number of carbonyl (C=O) groups excluding carboxylic acids is 2. The largest absolute Gasteiger partial charge is 0.346 e. The van der Waals surface area contributed by atoms with E-state index in [4.69, 9.17) is 0 Å². The molecule has 28 heavy (non-hydrogen) atoms. The lowest BCUT2D eigenvalue weighted by atomic mass is 10.0. The monoisotopic (exact) mass is 371 g/mol. The highest BCUT2D eigenvalue weighted by molar-refractivity contribution is 5.95. The van der Waals surface area contributed by atoms with Crippen molar-refractivity contribution >= 4 is 17.5 Å². The van der Waals surface area contributed by atoms with Crippen molar-refractivity contribution in [3.8, 4) is 11.1 Å². The first-order valence-electron chi connectivity index (χ1n) is 9.31. The first kappa shape index (κ1) is 17.9. The first-order valence-corrected chi connectivity index (χ1v) is 9.31. The summed E-state index contributed by atoms with van der Waals surface area (Å²) in [5.41, 5.74) is 5.76. The zero-order valence-corrected chi connectivity index (χ0v) is 15.7. The fourth-order valence-electron chi connectivity index (χ4n) is 3.50. The van der Waals surface area contributed by atoms with Gasteiger partial charge in [0.25, 0.3) is 5.91 Å². The maximum absolute atomic E-state index is 12.3. The van der Waals surface area contributed by atoms with E-state index >= 15 is 0 Å². The second kappa shape index (κ2) is 7.64. The van der Waals surface area contributed by atoms with Gasteiger partial charge < -0.3 is 10.2 Å². The van der Waals surface area contributed by atoms with Crippen LogP contribution < -0.4 is 10.2 Å². The number of benzene rings is 2. The topological polar surface area (TPSA) is 62.3 Å². The minimum Gasteiger partial charge on any atom is -0.346 e. The number of hydrogen-bond donors (Lipinski definition) is 1. The molecule has 1 aliphatic heterocycles. The van der Waals surface area contributed by atoms with Crippen molar-refractivity contribution in [2.24, 2.45) is 0 Å². The zero-order valence-electron chi connectivity index (χ0n) is 15.7. The lowest BCUT2D eigenvalue weighted by Gasteiger charge is -2.15. The Kier molecular flexibility index (Phi) is 4.89. The van der Waals surface area contributed by atoms with Crippen LogP contribution in [0.15, 0.2) is 66.9 Å². The van der Waals surface area contributed by atoms with Gasteiger partial charge in [0.05, 0.1) is 12.2 Å². The van der Waals surface area contributed by atoms with Crippen LogP contribution in [0.4, 0.5) is 5.69 Å². The van der Waals surface area contributed by atoms with Crippen molar-refractivity contribution in [1.29, 1.82) is 0 Å². The minimum atomic E-state index is -0.122. The molecule has 0 fully saturated rings. The Bertz CT molecular complexity index is 1010. The average molecular weight is 371 g/mol. The molecule has 0 radical (unpaired) electrons. The third kappa shape index (κ3) is 3.64. The number of anilines is 1. The Morgan fingerprint density at radius 1 is 1.04 bits per heavy atom.